The van der Waals surface area contributed by atoms with Gasteiger partial charge in [-0.3, -0.25) is 4.79 Å². The van der Waals surface area contributed by atoms with E-state index in [0.29, 0.717) is 0 Å². The van der Waals surface area contributed by atoms with Crippen LogP contribution in [-0.4, -0.2) is 24.9 Å². The number of hydrogen-bond acceptors (Lipinski definition) is 1. The average molecular weight is 239 g/mol. The van der Waals surface area contributed by atoms with Gasteiger partial charge in [-0.05, 0) is 29.7 Å². The van der Waals surface area contributed by atoms with Crippen molar-refractivity contribution in [3.05, 3.63) is 59.7 Å². The van der Waals surface area contributed by atoms with Gasteiger partial charge in [0.25, 0.3) is 5.91 Å². The minimum Gasteiger partial charge on any atom is -0.345 e. The predicted molar refractivity (Wildman–Crippen MR) is 74.6 cm³/mol. The molecule has 0 saturated heterocycles. The lowest BCUT2D eigenvalue weighted by atomic mass is 9.96. The Morgan fingerprint density at radius 1 is 0.944 bits per heavy atom. The van der Waals surface area contributed by atoms with E-state index in [2.05, 4.69) is 18.2 Å². The Labute approximate surface area is 108 Å². The quantitative estimate of drug-likeness (QED) is 0.787. The summed E-state index contributed by atoms with van der Waals surface area (Å²) in [5.41, 5.74) is 4.05. The van der Waals surface area contributed by atoms with E-state index in [0.717, 1.165) is 22.3 Å². The first-order valence-corrected chi connectivity index (χ1v) is 5.98. The molecule has 0 atom stereocenters. The van der Waals surface area contributed by atoms with Crippen molar-refractivity contribution in [3.63, 3.8) is 0 Å². The van der Waals surface area contributed by atoms with Crippen LogP contribution in [0.3, 0.4) is 0 Å². The van der Waals surface area contributed by atoms with Crippen LogP contribution in [0, 0.1) is 6.92 Å². The van der Waals surface area contributed by atoms with Gasteiger partial charge < -0.3 is 4.90 Å². The van der Waals surface area contributed by atoms with Gasteiger partial charge in [0.05, 0.1) is 0 Å². The summed E-state index contributed by atoms with van der Waals surface area (Å²) in [5.74, 6) is 0.0466. The number of amides is 1. The van der Waals surface area contributed by atoms with Gasteiger partial charge in [-0.2, -0.15) is 0 Å². The van der Waals surface area contributed by atoms with Crippen LogP contribution < -0.4 is 0 Å². The molecular weight excluding hydrogens is 222 g/mol. The molecule has 0 radical (unpaired) electrons. The van der Waals surface area contributed by atoms with E-state index < -0.39 is 0 Å². The van der Waals surface area contributed by atoms with Gasteiger partial charge in [0.2, 0.25) is 0 Å². The van der Waals surface area contributed by atoms with E-state index in [-0.39, 0.29) is 5.91 Å². The highest BCUT2D eigenvalue weighted by atomic mass is 16.2. The van der Waals surface area contributed by atoms with Gasteiger partial charge in [0.15, 0.2) is 0 Å². The van der Waals surface area contributed by atoms with Gasteiger partial charge in [-0.15, -0.1) is 0 Å². The van der Waals surface area contributed by atoms with Gasteiger partial charge in [0.1, 0.15) is 0 Å². The first-order valence-electron chi connectivity index (χ1n) is 5.98. The zero-order valence-corrected chi connectivity index (χ0v) is 11.0. The lowest BCUT2D eigenvalue weighted by molar-refractivity contribution is 0.0827. The SMILES string of the molecule is Cc1c(C(=O)N(C)C)cccc1-c1ccccc1. The Bertz CT molecular complexity index is 559. The third kappa shape index (κ3) is 2.28. The third-order valence-corrected chi connectivity index (χ3v) is 3.06. The highest BCUT2D eigenvalue weighted by Gasteiger charge is 2.13. The standard InChI is InChI=1S/C16H17NO/c1-12-14(13-8-5-4-6-9-13)10-7-11-15(12)16(18)17(2)3/h4-11H,1-3H3. The molecule has 0 aromatic heterocycles. The zero-order valence-electron chi connectivity index (χ0n) is 11.0. The molecule has 0 bridgehead atoms. The van der Waals surface area contributed by atoms with E-state index in [1.807, 2.05) is 37.3 Å². The van der Waals surface area contributed by atoms with Gasteiger partial charge in [-0.1, -0.05) is 42.5 Å². The van der Waals surface area contributed by atoms with Crippen LogP contribution in [0.2, 0.25) is 0 Å². The Kier molecular flexibility index (Phi) is 3.47. The van der Waals surface area contributed by atoms with Crippen molar-refractivity contribution in [1.29, 1.82) is 0 Å². The fraction of sp³-hybridized carbons (Fsp3) is 0.188. The normalized spacial score (nSPS) is 10.2. The third-order valence-electron chi connectivity index (χ3n) is 3.06. The second-order valence-corrected chi connectivity index (χ2v) is 4.54. The Balaban J connectivity index is 2.52. The van der Waals surface area contributed by atoms with E-state index in [1.165, 1.54) is 0 Å². The predicted octanol–water partition coefficient (Wildman–Crippen LogP) is 3.36. The molecule has 2 aromatic carbocycles. The minimum atomic E-state index is 0.0466. The maximum Gasteiger partial charge on any atom is 0.253 e. The van der Waals surface area contributed by atoms with Crippen molar-refractivity contribution in [2.75, 3.05) is 14.1 Å². The smallest absolute Gasteiger partial charge is 0.253 e. The van der Waals surface area contributed by atoms with Crippen molar-refractivity contribution >= 4 is 5.91 Å². The summed E-state index contributed by atoms with van der Waals surface area (Å²) in [7, 11) is 3.55. The van der Waals surface area contributed by atoms with Gasteiger partial charge in [-0.25, -0.2) is 0 Å². The van der Waals surface area contributed by atoms with Crippen molar-refractivity contribution in [2.45, 2.75) is 6.92 Å². The summed E-state index contributed by atoms with van der Waals surface area (Å²) in [5, 5.41) is 0. The summed E-state index contributed by atoms with van der Waals surface area (Å²) >= 11 is 0. The van der Waals surface area contributed by atoms with Crippen LogP contribution >= 0.6 is 0 Å². The Morgan fingerprint density at radius 3 is 2.22 bits per heavy atom. The van der Waals surface area contributed by atoms with Crippen LogP contribution in [0.1, 0.15) is 15.9 Å². The maximum absolute atomic E-state index is 12.1. The molecule has 18 heavy (non-hydrogen) atoms. The van der Waals surface area contributed by atoms with Crippen LogP contribution in [0.15, 0.2) is 48.5 Å². The van der Waals surface area contributed by atoms with Gasteiger partial charge in [0, 0.05) is 19.7 Å². The zero-order chi connectivity index (χ0) is 13.1. The van der Waals surface area contributed by atoms with Crippen molar-refractivity contribution in [3.8, 4) is 11.1 Å². The van der Waals surface area contributed by atoms with Crippen LogP contribution in [0.4, 0.5) is 0 Å². The molecule has 0 aliphatic heterocycles. The molecule has 0 aliphatic rings. The average Bonchev–Trinajstić information content (AvgIpc) is 2.39. The molecule has 0 saturated carbocycles. The molecule has 0 unspecified atom stereocenters. The summed E-state index contributed by atoms with van der Waals surface area (Å²) in [6.45, 7) is 2.00. The van der Waals surface area contributed by atoms with E-state index >= 15 is 0 Å². The van der Waals surface area contributed by atoms with Crippen LogP contribution in [0.5, 0.6) is 0 Å². The highest BCUT2D eigenvalue weighted by molar-refractivity contribution is 5.97. The fourth-order valence-corrected chi connectivity index (χ4v) is 2.04. The number of nitrogens with zero attached hydrogens (tertiary/aromatic N) is 1. The molecule has 2 rings (SSSR count). The summed E-state index contributed by atoms with van der Waals surface area (Å²) < 4.78 is 0. The van der Waals surface area contributed by atoms with E-state index in [9.17, 15) is 4.79 Å². The summed E-state index contributed by atoms with van der Waals surface area (Å²) in [4.78, 5) is 13.7. The van der Waals surface area contributed by atoms with Crippen LogP contribution in [0.25, 0.3) is 11.1 Å². The largest absolute Gasteiger partial charge is 0.345 e. The monoisotopic (exact) mass is 239 g/mol. The van der Waals surface area contributed by atoms with Crippen molar-refractivity contribution in [2.24, 2.45) is 0 Å². The molecule has 0 spiro atoms. The Hall–Kier alpha value is -2.09. The number of benzene rings is 2. The molecule has 0 fully saturated rings. The molecule has 92 valence electrons. The molecule has 1 amide bonds. The molecule has 0 heterocycles. The molecule has 0 aliphatic carbocycles. The molecule has 2 nitrogen and oxygen atoms in total. The number of carbonyl (C=O) groups is 1. The van der Waals surface area contributed by atoms with Crippen LogP contribution in [-0.2, 0) is 0 Å². The second-order valence-electron chi connectivity index (χ2n) is 4.54. The lowest BCUT2D eigenvalue weighted by Crippen LogP contribution is -2.22. The number of hydrogen-bond donors (Lipinski definition) is 0. The number of rotatable bonds is 2. The minimum absolute atomic E-state index is 0.0466. The highest BCUT2D eigenvalue weighted by Crippen LogP contribution is 2.25. The lowest BCUT2D eigenvalue weighted by Gasteiger charge is -2.15. The summed E-state index contributed by atoms with van der Waals surface area (Å²) in [6.07, 6.45) is 0. The molecule has 2 aromatic rings. The van der Waals surface area contributed by atoms with Crippen molar-refractivity contribution < 1.29 is 4.79 Å². The second kappa shape index (κ2) is 5.05. The number of carbonyl (C=O) groups excluding carboxylic acids is 1. The van der Waals surface area contributed by atoms with Gasteiger partial charge >= 0.3 is 0 Å². The van der Waals surface area contributed by atoms with E-state index in [1.54, 1.807) is 19.0 Å². The molecule has 2 heteroatoms. The first-order chi connectivity index (χ1) is 8.61. The first kappa shape index (κ1) is 12.4. The summed E-state index contributed by atoms with van der Waals surface area (Å²) in [6, 6.07) is 16.0. The maximum atomic E-state index is 12.1. The molecular formula is C16H17NO. The van der Waals surface area contributed by atoms with E-state index in [4.69, 9.17) is 0 Å². The fourth-order valence-electron chi connectivity index (χ4n) is 2.04. The molecule has 0 N–H and O–H groups in total. The van der Waals surface area contributed by atoms with Crippen molar-refractivity contribution in [1.82, 2.24) is 4.90 Å². The Morgan fingerprint density at radius 2 is 1.61 bits per heavy atom. The topological polar surface area (TPSA) is 20.3 Å².